The normalized spacial score (nSPS) is 22.6. The van der Waals surface area contributed by atoms with Crippen LogP contribution in [0.2, 0.25) is 0 Å². The summed E-state index contributed by atoms with van der Waals surface area (Å²) in [6.45, 7) is -7.85. The number of Topliss-reactive ketones (excluding diaryl/α,β-unsaturated/α-hetero) is 6. The Hall–Kier alpha value is -2.18. The average molecular weight is 395 g/mol. The van der Waals surface area contributed by atoms with Crippen LogP contribution in [0.4, 0.5) is 0 Å². The Morgan fingerprint density at radius 3 is 1.63 bits per heavy atom. The molecule has 0 saturated heterocycles. The molecular formula is C16H22O11. The van der Waals surface area contributed by atoms with Crippen LogP contribution < -0.4 is 0 Å². The lowest BCUT2D eigenvalue weighted by Crippen LogP contribution is -2.82. The summed E-state index contributed by atoms with van der Waals surface area (Å²) in [7, 11) is 0. The molecule has 0 rings (SSSR count). The van der Waals surface area contributed by atoms with Gasteiger partial charge in [-0.3, -0.25) is 28.8 Å². The summed E-state index contributed by atoms with van der Waals surface area (Å²) in [5.74, 6) is -12.6. The van der Waals surface area contributed by atoms with Crippen LogP contribution in [0.5, 0.6) is 0 Å². The molecule has 0 heterocycles. The Bertz CT molecular complexity index is 805. The second kappa shape index (κ2) is 7.82. The van der Waals surface area contributed by atoms with Crippen LogP contribution in [-0.2, 0) is 28.8 Å². The van der Waals surface area contributed by atoms with Crippen LogP contribution in [0, 0.1) is 0 Å². The molecule has 5 atom stereocenters. The molecule has 152 valence electrons. The molecule has 27 heavy (non-hydrogen) atoms. The van der Waals surface area contributed by atoms with Crippen molar-refractivity contribution in [2.24, 2.45) is 0 Å². The fraction of sp³-hybridized carbons (Fsp3) is 0.625. The van der Waals surface area contributed by atoms with E-state index < -0.39 is 98.2 Å². The number of hydrogen-bond acceptors (Lipinski definition) is 11. The van der Waals surface area contributed by atoms with Gasteiger partial charge in [0.15, 0.2) is 46.7 Å². The molecule has 0 aromatic rings. The highest BCUT2D eigenvalue weighted by molar-refractivity contribution is 6.23. The molecule has 0 aromatic carbocycles. The van der Waals surface area contributed by atoms with Crippen LogP contribution in [0.25, 0.3) is 0 Å². The summed E-state index contributed by atoms with van der Waals surface area (Å²) < 4.78 is 35.2. The van der Waals surface area contributed by atoms with E-state index in [-0.39, 0.29) is 0 Å². The highest BCUT2D eigenvalue weighted by Crippen LogP contribution is 2.40. The van der Waals surface area contributed by atoms with E-state index in [0.29, 0.717) is 0 Å². The summed E-state index contributed by atoms with van der Waals surface area (Å²) in [5.41, 5.74) is -13.7. The Morgan fingerprint density at radius 1 is 0.741 bits per heavy atom. The van der Waals surface area contributed by atoms with E-state index in [1.165, 1.54) is 0 Å². The number of rotatable bonds is 10. The number of hydrogen-bond donors (Lipinski definition) is 5. The molecule has 0 bridgehead atoms. The first-order chi connectivity index (χ1) is 14.6. The Morgan fingerprint density at radius 2 is 1.22 bits per heavy atom. The van der Waals surface area contributed by atoms with Gasteiger partial charge in [0.25, 0.3) is 0 Å². The largest absolute Gasteiger partial charge is 0.382 e. The van der Waals surface area contributed by atoms with Gasteiger partial charge in [-0.05, 0) is 34.5 Å². The van der Waals surface area contributed by atoms with Crippen LogP contribution in [0.3, 0.4) is 0 Å². The molecule has 0 amide bonds. The predicted molar refractivity (Wildman–Crippen MR) is 85.3 cm³/mol. The number of ketones is 6. The maximum absolute atomic E-state index is 12.7. The molecule has 0 aliphatic carbocycles. The van der Waals surface area contributed by atoms with Crippen molar-refractivity contribution in [3.63, 3.8) is 0 Å². The molecule has 0 aliphatic rings. The lowest BCUT2D eigenvalue weighted by molar-refractivity contribution is -0.243. The van der Waals surface area contributed by atoms with E-state index in [9.17, 15) is 54.3 Å². The van der Waals surface area contributed by atoms with Crippen molar-refractivity contribution in [3.05, 3.63) is 0 Å². The zero-order valence-corrected chi connectivity index (χ0v) is 13.9. The first kappa shape index (κ1) is 17.0. The van der Waals surface area contributed by atoms with E-state index in [0.717, 1.165) is 0 Å². The van der Waals surface area contributed by atoms with Crippen molar-refractivity contribution in [1.82, 2.24) is 0 Å². The van der Waals surface area contributed by atoms with Gasteiger partial charge in [0.05, 0.1) is 0 Å². The van der Waals surface area contributed by atoms with Gasteiger partial charge in [-0.25, -0.2) is 0 Å². The van der Waals surface area contributed by atoms with Gasteiger partial charge in [-0.2, -0.15) is 0 Å². The third-order valence-corrected chi connectivity index (χ3v) is 3.92. The summed E-state index contributed by atoms with van der Waals surface area (Å²) in [5, 5.41) is 52.8. The van der Waals surface area contributed by atoms with E-state index >= 15 is 0 Å². The van der Waals surface area contributed by atoms with Gasteiger partial charge in [-0.15, -0.1) is 0 Å². The third-order valence-electron chi connectivity index (χ3n) is 3.92. The molecule has 0 saturated carbocycles. The summed E-state index contributed by atoms with van der Waals surface area (Å²) in [4.78, 5) is 73.5. The maximum atomic E-state index is 12.7. The van der Waals surface area contributed by atoms with E-state index in [1.807, 2.05) is 0 Å². The monoisotopic (exact) mass is 395 g/mol. The van der Waals surface area contributed by atoms with Crippen LogP contribution in [0.1, 0.15) is 41.4 Å². The third kappa shape index (κ3) is 3.39. The van der Waals surface area contributed by atoms with Crippen molar-refractivity contribution >= 4 is 34.7 Å². The number of carbonyl (C=O) groups is 6. The van der Waals surface area contributed by atoms with Gasteiger partial charge in [0, 0.05) is 6.85 Å². The highest BCUT2D eigenvalue weighted by atomic mass is 16.4. The topological polar surface area (TPSA) is 204 Å². The minimum Gasteiger partial charge on any atom is -0.382 e. The Labute approximate surface area is 160 Å². The lowest BCUT2D eigenvalue weighted by atomic mass is 9.60. The molecule has 5 N–H and O–H groups in total. The van der Waals surface area contributed by atoms with Crippen molar-refractivity contribution in [2.45, 2.75) is 63.5 Å². The van der Waals surface area contributed by atoms with Gasteiger partial charge < -0.3 is 25.5 Å². The maximum Gasteiger partial charge on any atom is 0.223 e. The SMILES string of the molecule is [2H]CC(=O)C(O)C(=O)[C@](O)(C(=O)C[2H])[C@@](O)(C(=O)C[2H])[C@@](O)(C(=O)C[2H])C(O)C(=O)C[2H]. The predicted octanol–water partition coefficient (Wildman–Crippen LogP) is -3.58. The molecule has 11 heteroatoms. The van der Waals surface area contributed by atoms with Gasteiger partial charge in [0.2, 0.25) is 17.0 Å². The fourth-order valence-corrected chi connectivity index (χ4v) is 2.34. The smallest absolute Gasteiger partial charge is 0.223 e. The highest BCUT2D eigenvalue weighted by Gasteiger charge is 2.75. The summed E-state index contributed by atoms with van der Waals surface area (Å²) in [6, 6.07) is 0. The Kier molecular flexibility index (Phi) is 4.91. The zero-order valence-electron chi connectivity index (χ0n) is 18.9. The summed E-state index contributed by atoms with van der Waals surface area (Å²) in [6.07, 6.45) is -6.45. The Balaban J connectivity index is 7.64. The average Bonchev–Trinajstić information content (AvgIpc) is 2.82. The quantitative estimate of drug-likeness (QED) is 0.229. The minimum atomic E-state index is -4.68. The molecule has 0 fully saturated rings. The molecule has 0 aromatic heterocycles. The van der Waals surface area contributed by atoms with Gasteiger partial charge in [-0.1, -0.05) is 0 Å². The molecular weight excluding hydrogens is 368 g/mol. The van der Waals surface area contributed by atoms with E-state index in [1.54, 1.807) is 0 Å². The molecule has 2 unspecified atom stereocenters. The zero-order chi connectivity index (χ0) is 25.7. The van der Waals surface area contributed by atoms with Crippen LogP contribution in [-0.4, -0.2) is 89.2 Å². The van der Waals surface area contributed by atoms with Crippen LogP contribution >= 0.6 is 0 Å². The number of carbonyl (C=O) groups excluding carboxylic acids is 6. The first-order valence-corrected chi connectivity index (χ1v) is 6.83. The fourth-order valence-electron chi connectivity index (χ4n) is 2.34. The van der Waals surface area contributed by atoms with Crippen molar-refractivity contribution in [3.8, 4) is 0 Å². The van der Waals surface area contributed by atoms with E-state index in [4.69, 9.17) is 6.85 Å². The number of aliphatic hydroxyl groups is 5. The van der Waals surface area contributed by atoms with Crippen molar-refractivity contribution < 1.29 is 61.2 Å². The first-order valence-electron chi connectivity index (χ1n) is 10.4. The second-order valence-electron chi connectivity index (χ2n) is 5.56. The molecule has 0 spiro atoms. The minimum absolute atomic E-state index is 1.33. The standard InChI is InChI=1S/C16H22O11/c1-6(17)11(22)13(24)15(26,9(4)20)16(27,10(5)21)14(25,8(3)19)12(23)7(2)18/h11-12,22-23,25-27H,1-5H3/t11?,12?,14-,15-,16-/m1/s1/i1D,2D,3D,4D,5D. The van der Waals surface area contributed by atoms with Gasteiger partial charge in [0.1, 0.15) is 0 Å². The number of aliphatic hydroxyl groups excluding tert-OH is 2. The van der Waals surface area contributed by atoms with E-state index in [2.05, 4.69) is 0 Å². The summed E-state index contributed by atoms with van der Waals surface area (Å²) >= 11 is 0. The van der Waals surface area contributed by atoms with Crippen molar-refractivity contribution in [2.75, 3.05) is 0 Å². The molecule has 11 nitrogen and oxygen atoms in total. The van der Waals surface area contributed by atoms with Crippen molar-refractivity contribution in [1.29, 1.82) is 0 Å². The molecule has 0 radical (unpaired) electrons. The second-order valence-corrected chi connectivity index (χ2v) is 5.56. The molecule has 0 aliphatic heterocycles. The van der Waals surface area contributed by atoms with Crippen LogP contribution in [0.15, 0.2) is 0 Å². The lowest BCUT2D eigenvalue weighted by Gasteiger charge is -2.48. The van der Waals surface area contributed by atoms with Gasteiger partial charge >= 0.3 is 0 Å².